The summed E-state index contributed by atoms with van der Waals surface area (Å²) in [5, 5.41) is 0. The molecule has 0 aliphatic carbocycles. The Hall–Kier alpha value is -0.570. The zero-order chi connectivity index (χ0) is 14.3. The van der Waals surface area contributed by atoms with Crippen LogP contribution in [0.5, 0.6) is 0 Å². The second kappa shape index (κ2) is 13.9. The molecule has 0 bridgehead atoms. The average molecular weight is 271 g/mol. The number of nitrogens with two attached hydrogens (primary N) is 1. The number of carbonyl (C=O) groups is 1. The Morgan fingerprint density at radius 1 is 1.00 bits per heavy atom. The molecule has 0 aromatic heterocycles. The first-order valence-electron chi connectivity index (χ1n) is 8.10. The van der Waals surface area contributed by atoms with Crippen molar-refractivity contribution in [3.05, 3.63) is 0 Å². The molecule has 1 atom stereocenters. The SMILES string of the molecule is CCCCCCC(C)OC(=O)CCCCCCCN. The van der Waals surface area contributed by atoms with E-state index in [2.05, 4.69) is 6.92 Å². The fourth-order valence-corrected chi connectivity index (χ4v) is 2.14. The van der Waals surface area contributed by atoms with Gasteiger partial charge in [-0.3, -0.25) is 4.79 Å². The summed E-state index contributed by atoms with van der Waals surface area (Å²) >= 11 is 0. The third kappa shape index (κ3) is 13.7. The molecule has 3 heteroatoms. The van der Waals surface area contributed by atoms with Gasteiger partial charge in [0.25, 0.3) is 0 Å². The van der Waals surface area contributed by atoms with Crippen molar-refractivity contribution in [1.82, 2.24) is 0 Å². The van der Waals surface area contributed by atoms with Crippen molar-refractivity contribution in [2.45, 2.75) is 90.6 Å². The highest BCUT2D eigenvalue weighted by molar-refractivity contribution is 5.69. The summed E-state index contributed by atoms with van der Waals surface area (Å²) in [5.74, 6) is -0.0261. The summed E-state index contributed by atoms with van der Waals surface area (Å²) in [6.07, 6.45) is 12.1. The monoisotopic (exact) mass is 271 g/mol. The van der Waals surface area contributed by atoms with Gasteiger partial charge in [0.1, 0.15) is 0 Å². The smallest absolute Gasteiger partial charge is 0.306 e. The minimum Gasteiger partial charge on any atom is -0.463 e. The third-order valence-corrected chi connectivity index (χ3v) is 3.38. The Balaban J connectivity index is 3.36. The average Bonchev–Trinajstić information content (AvgIpc) is 2.39. The van der Waals surface area contributed by atoms with E-state index < -0.39 is 0 Å². The van der Waals surface area contributed by atoms with Crippen LogP contribution in [0.3, 0.4) is 0 Å². The Labute approximate surface area is 119 Å². The van der Waals surface area contributed by atoms with E-state index in [9.17, 15) is 4.79 Å². The van der Waals surface area contributed by atoms with Crippen LogP contribution in [-0.2, 0) is 9.53 Å². The second-order valence-electron chi connectivity index (χ2n) is 5.46. The normalized spacial score (nSPS) is 12.4. The predicted octanol–water partition coefficient (Wildman–Crippen LogP) is 4.19. The van der Waals surface area contributed by atoms with Crippen LogP contribution in [0.25, 0.3) is 0 Å². The maximum atomic E-state index is 11.6. The van der Waals surface area contributed by atoms with Gasteiger partial charge in [-0.05, 0) is 39.2 Å². The number of rotatable bonds is 13. The second-order valence-corrected chi connectivity index (χ2v) is 5.46. The highest BCUT2D eigenvalue weighted by Crippen LogP contribution is 2.10. The van der Waals surface area contributed by atoms with E-state index in [0.717, 1.165) is 32.2 Å². The Morgan fingerprint density at radius 3 is 2.32 bits per heavy atom. The lowest BCUT2D eigenvalue weighted by Gasteiger charge is -2.13. The van der Waals surface area contributed by atoms with Crippen LogP contribution in [0.15, 0.2) is 0 Å². The van der Waals surface area contributed by atoms with Gasteiger partial charge in [-0.15, -0.1) is 0 Å². The van der Waals surface area contributed by atoms with Crippen LogP contribution in [0.1, 0.15) is 84.5 Å². The standard InChI is InChI=1S/C16H33NO2/c1-3-4-5-9-12-15(2)19-16(18)13-10-7-6-8-11-14-17/h15H,3-14,17H2,1-2H3. The maximum Gasteiger partial charge on any atom is 0.306 e. The Morgan fingerprint density at radius 2 is 1.63 bits per heavy atom. The molecule has 1 unspecified atom stereocenters. The van der Waals surface area contributed by atoms with Gasteiger partial charge >= 0.3 is 5.97 Å². The number of hydrogen-bond acceptors (Lipinski definition) is 3. The molecule has 0 aromatic carbocycles. The molecule has 0 aliphatic rings. The van der Waals surface area contributed by atoms with Gasteiger partial charge in [-0.2, -0.15) is 0 Å². The van der Waals surface area contributed by atoms with Crippen molar-refractivity contribution < 1.29 is 9.53 Å². The lowest BCUT2D eigenvalue weighted by atomic mass is 10.1. The van der Waals surface area contributed by atoms with Crippen molar-refractivity contribution in [3.63, 3.8) is 0 Å². The number of esters is 1. The molecule has 3 nitrogen and oxygen atoms in total. The summed E-state index contributed by atoms with van der Waals surface area (Å²) in [5.41, 5.74) is 5.43. The molecule has 0 aliphatic heterocycles. The Bertz CT molecular complexity index is 207. The van der Waals surface area contributed by atoms with Crippen LogP contribution in [0.2, 0.25) is 0 Å². The maximum absolute atomic E-state index is 11.6. The molecular formula is C16H33NO2. The van der Waals surface area contributed by atoms with Crippen molar-refractivity contribution >= 4 is 5.97 Å². The first kappa shape index (κ1) is 18.4. The van der Waals surface area contributed by atoms with E-state index in [1.54, 1.807) is 0 Å². The van der Waals surface area contributed by atoms with E-state index >= 15 is 0 Å². The van der Waals surface area contributed by atoms with Gasteiger partial charge in [0.05, 0.1) is 6.10 Å². The molecule has 0 radical (unpaired) electrons. The summed E-state index contributed by atoms with van der Waals surface area (Å²) in [6.45, 7) is 4.99. The van der Waals surface area contributed by atoms with E-state index in [1.165, 1.54) is 38.5 Å². The number of hydrogen-bond donors (Lipinski definition) is 1. The van der Waals surface area contributed by atoms with Crippen molar-refractivity contribution in [3.8, 4) is 0 Å². The topological polar surface area (TPSA) is 52.3 Å². The van der Waals surface area contributed by atoms with Crippen molar-refractivity contribution in [2.24, 2.45) is 5.73 Å². The molecule has 0 saturated heterocycles. The fourth-order valence-electron chi connectivity index (χ4n) is 2.14. The van der Waals surface area contributed by atoms with E-state index in [0.29, 0.717) is 6.42 Å². The van der Waals surface area contributed by atoms with Crippen LogP contribution in [0, 0.1) is 0 Å². The lowest BCUT2D eigenvalue weighted by molar-refractivity contribution is -0.148. The highest BCUT2D eigenvalue weighted by Gasteiger charge is 2.08. The zero-order valence-corrected chi connectivity index (χ0v) is 13.0. The first-order valence-corrected chi connectivity index (χ1v) is 8.10. The number of carbonyl (C=O) groups excluding carboxylic acids is 1. The molecule has 0 rings (SSSR count). The summed E-state index contributed by atoms with van der Waals surface area (Å²) in [6, 6.07) is 0. The number of unbranched alkanes of at least 4 members (excludes halogenated alkanes) is 7. The quantitative estimate of drug-likeness (QED) is 0.404. The van der Waals surface area contributed by atoms with Crippen molar-refractivity contribution in [1.29, 1.82) is 0 Å². The van der Waals surface area contributed by atoms with Gasteiger partial charge in [-0.25, -0.2) is 0 Å². The van der Waals surface area contributed by atoms with E-state index in [1.807, 2.05) is 6.92 Å². The molecular weight excluding hydrogens is 238 g/mol. The van der Waals surface area contributed by atoms with Crippen molar-refractivity contribution in [2.75, 3.05) is 6.54 Å². The minimum absolute atomic E-state index is 0.0261. The molecule has 0 saturated carbocycles. The van der Waals surface area contributed by atoms with Gasteiger partial charge < -0.3 is 10.5 Å². The summed E-state index contributed by atoms with van der Waals surface area (Å²) in [4.78, 5) is 11.6. The third-order valence-electron chi connectivity index (χ3n) is 3.38. The lowest BCUT2D eigenvalue weighted by Crippen LogP contribution is -2.14. The molecule has 0 fully saturated rings. The number of ether oxygens (including phenoxy) is 1. The predicted molar refractivity (Wildman–Crippen MR) is 81.1 cm³/mol. The van der Waals surface area contributed by atoms with Crippen LogP contribution < -0.4 is 5.73 Å². The van der Waals surface area contributed by atoms with Gasteiger partial charge in [-0.1, -0.05) is 45.4 Å². The molecule has 19 heavy (non-hydrogen) atoms. The van der Waals surface area contributed by atoms with Crippen LogP contribution >= 0.6 is 0 Å². The van der Waals surface area contributed by atoms with Gasteiger partial charge in [0, 0.05) is 6.42 Å². The van der Waals surface area contributed by atoms with E-state index in [4.69, 9.17) is 10.5 Å². The van der Waals surface area contributed by atoms with Gasteiger partial charge in [0.15, 0.2) is 0 Å². The first-order chi connectivity index (χ1) is 9.20. The van der Waals surface area contributed by atoms with Gasteiger partial charge in [0.2, 0.25) is 0 Å². The molecule has 0 aromatic rings. The molecule has 2 N–H and O–H groups in total. The molecule has 0 spiro atoms. The molecule has 0 heterocycles. The fraction of sp³-hybridized carbons (Fsp3) is 0.938. The van der Waals surface area contributed by atoms with Crippen LogP contribution in [0.4, 0.5) is 0 Å². The summed E-state index contributed by atoms with van der Waals surface area (Å²) < 4.78 is 5.40. The van der Waals surface area contributed by atoms with E-state index in [-0.39, 0.29) is 12.1 Å². The van der Waals surface area contributed by atoms with Crippen LogP contribution in [-0.4, -0.2) is 18.6 Å². The zero-order valence-electron chi connectivity index (χ0n) is 13.0. The largest absolute Gasteiger partial charge is 0.463 e. The molecule has 114 valence electrons. The highest BCUT2D eigenvalue weighted by atomic mass is 16.5. The Kier molecular flexibility index (Phi) is 13.4. The molecule has 0 amide bonds. The minimum atomic E-state index is -0.0261. The summed E-state index contributed by atoms with van der Waals surface area (Å²) in [7, 11) is 0.